The first-order chi connectivity index (χ1) is 35.8. The molecule has 24 nitrogen and oxygen atoms in total. The second-order valence-electron chi connectivity index (χ2n) is 18.2. The van der Waals surface area contributed by atoms with Gasteiger partial charge in [0.2, 0.25) is 47.3 Å². The first kappa shape index (κ1) is 57.6. The number of aromatic amines is 2. The number of nitrogens with two attached hydrogens (primary N) is 3. The maximum absolute atomic E-state index is 14.7. The van der Waals surface area contributed by atoms with E-state index in [9.17, 15) is 48.6 Å². The van der Waals surface area contributed by atoms with Crippen LogP contribution >= 0.6 is 0 Å². The van der Waals surface area contributed by atoms with Gasteiger partial charge in [-0.15, -0.1) is 0 Å². The molecule has 18 N–H and O–H groups in total. The summed E-state index contributed by atoms with van der Waals surface area (Å²) in [6.45, 7) is -1.13. The van der Waals surface area contributed by atoms with E-state index in [1.54, 1.807) is 42.6 Å². The second-order valence-corrected chi connectivity index (χ2v) is 18.2. The molecule has 1 aliphatic rings. The number of aliphatic hydroxyl groups excluding tert-OH is 2. The Labute approximate surface area is 428 Å². The summed E-state index contributed by atoms with van der Waals surface area (Å²) in [5, 5.41) is 42.8. The van der Waals surface area contributed by atoms with Crippen molar-refractivity contribution in [3.8, 4) is 0 Å². The van der Waals surface area contributed by atoms with E-state index in [4.69, 9.17) is 17.2 Å². The SMILES string of the molecule is NCCCC[C@H]1NC(=O)[C@H](CO)NC(=O)[C@@H](CCCCN)NC(=O)[C@H](Cc2cnc[nH]2)NC(=O)[C@@H](CCCCN)NC(=O)[C@H](Cc2ccccc2)NC(=O)[C@@H](Cc2c[nH]c3ccccc23)NC(=O)[C@H](CO)NC1=O. The summed E-state index contributed by atoms with van der Waals surface area (Å²) >= 11 is 0. The van der Waals surface area contributed by atoms with Gasteiger partial charge in [-0.1, -0.05) is 48.5 Å². The standard InChI is InChI=1S/C50H72N14O10/c51-19-9-6-16-35-43(67)62-40(24-32-26-54-29-56-32)48(72)58-36(17-7-10-20-52)44(68)63-41(27-65)49(73)59-37(18-8-11-21-53)45(69)64-42(28-66)50(74)61-39(23-31-25-55-34-15-5-4-14-33(31)34)47(71)60-38(46(70)57-35)22-30-12-2-1-3-13-30/h1-5,12-15,25-26,29,35-42,55,65-66H,6-11,16-24,27-28,51-53H2,(H,54,56)(H,57,70)(H,58,72)(H,59,73)(H,60,71)(H,61,74)(H,62,67)(H,63,68)(H,64,69)/t35-,36-,37-,38+,39-,40+,41+,42+/m1/s1. The van der Waals surface area contributed by atoms with Crippen LogP contribution in [0.3, 0.4) is 0 Å². The van der Waals surface area contributed by atoms with Crippen LogP contribution in [0.25, 0.3) is 10.9 Å². The van der Waals surface area contributed by atoms with Crippen molar-refractivity contribution >= 4 is 58.2 Å². The molecule has 0 unspecified atom stereocenters. The molecule has 1 fully saturated rings. The molecular formula is C50H72N14O10. The van der Waals surface area contributed by atoms with Crippen molar-refractivity contribution < 1.29 is 48.6 Å². The molecule has 5 rings (SSSR count). The Kier molecular flexibility index (Phi) is 23.4. The molecule has 74 heavy (non-hydrogen) atoms. The topological polar surface area (TPSA) is 396 Å². The zero-order chi connectivity index (χ0) is 53.4. The number of aliphatic hydroxyl groups is 2. The number of nitrogens with one attached hydrogen (secondary N) is 10. The third-order valence-corrected chi connectivity index (χ3v) is 12.6. The summed E-state index contributed by atoms with van der Waals surface area (Å²) < 4.78 is 0. The molecule has 0 saturated carbocycles. The lowest BCUT2D eigenvalue weighted by Crippen LogP contribution is -2.62. The molecule has 0 aliphatic carbocycles. The van der Waals surface area contributed by atoms with Gasteiger partial charge in [0, 0.05) is 48.3 Å². The lowest BCUT2D eigenvalue weighted by atomic mass is 10.0. The fraction of sp³-hybridized carbons (Fsp3) is 0.500. The lowest BCUT2D eigenvalue weighted by Gasteiger charge is -2.29. The summed E-state index contributed by atoms with van der Waals surface area (Å²) in [7, 11) is 0. The quantitative estimate of drug-likeness (QED) is 0.0398. The number of rotatable bonds is 20. The average molecular weight is 1030 g/mol. The molecule has 0 radical (unpaired) electrons. The molecule has 0 bridgehead atoms. The van der Waals surface area contributed by atoms with Crippen LogP contribution in [-0.4, -0.2) is 154 Å². The van der Waals surface area contributed by atoms with E-state index < -0.39 is 109 Å². The van der Waals surface area contributed by atoms with Crippen molar-refractivity contribution in [2.24, 2.45) is 17.2 Å². The molecule has 4 aromatic rings. The van der Waals surface area contributed by atoms with Crippen molar-refractivity contribution in [1.82, 2.24) is 57.5 Å². The molecule has 3 heterocycles. The Morgan fingerprint density at radius 2 is 0.824 bits per heavy atom. The maximum Gasteiger partial charge on any atom is 0.245 e. The summed E-state index contributed by atoms with van der Waals surface area (Å²) in [6.07, 6.45) is 6.52. The highest BCUT2D eigenvalue weighted by Gasteiger charge is 2.36. The van der Waals surface area contributed by atoms with E-state index in [0.717, 1.165) is 10.9 Å². The highest BCUT2D eigenvalue weighted by atomic mass is 16.3. The molecule has 8 amide bonds. The van der Waals surface area contributed by atoms with Crippen LogP contribution in [0.1, 0.15) is 74.6 Å². The van der Waals surface area contributed by atoms with E-state index in [1.165, 1.54) is 12.5 Å². The fourth-order valence-corrected chi connectivity index (χ4v) is 8.47. The third-order valence-electron chi connectivity index (χ3n) is 12.6. The highest BCUT2D eigenvalue weighted by Crippen LogP contribution is 2.20. The van der Waals surface area contributed by atoms with Crippen molar-refractivity contribution in [3.63, 3.8) is 0 Å². The smallest absolute Gasteiger partial charge is 0.245 e. The summed E-state index contributed by atoms with van der Waals surface area (Å²) in [5.74, 6) is -7.00. The molecule has 1 aliphatic heterocycles. The third kappa shape index (κ3) is 17.5. The first-order valence-electron chi connectivity index (χ1n) is 25.1. The zero-order valence-corrected chi connectivity index (χ0v) is 41.4. The Morgan fingerprint density at radius 3 is 1.27 bits per heavy atom. The van der Waals surface area contributed by atoms with Crippen molar-refractivity contribution in [2.75, 3.05) is 32.8 Å². The monoisotopic (exact) mass is 1030 g/mol. The Bertz CT molecular complexity index is 2460. The fourth-order valence-electron chi connectivity index (χ4n) is 8.47. The van der Waals surface area contributed by atoms with Crippen LogP contribution in [0, 0.1) is 0 Å². The van der Waals surface area contributed by atoms with E-state index >= 15 is 0 Å². The number of carbonyl (C=O) groups is 8. The van der Waals surface area contributed by atoms with Crippen LogP contribution in [0.15, 0.2) is 73.3 Å². The molecule has 1 saturated heterocycles. The maximum atomic E-state index is 14.7. The van der Waals surface area contributed by atoms with Crippen LogP contribution in [0.2, 0.25) is 0 Å². The molecule has 402 valence electrons. The molecule has 24 heteroatoms. The minimum Gasteiger partial charge on any atom is -0.394 e. The Balaban J connectivity index is 1.59. The number of H-pyrrole nitrogens is 2. The number of nitrogens with zero attached hydrogens (tertiary/aromatic N) is 1. The van der Waals surface area contributed by atoms with Crippen molar-refractivity contribution in [1.29, 1.82) is 0 Å². The van der Waals surface area contributed by atoms with Gasteiger partial charge in [-0.2, -0.15) is 0 Å². The van der Waals surface area contributed by atoms with Gasteiger partial charge in [0.1, 0.15) is 48.3 Å². The predicted octanol–water partition coefficient (Wildman–Crippen LogP) is -2.82. The summed E-state index contributed by atoms with van der Waals surface area (Å²) in [5.41, 5.74) is 19.7. The lowest BCUT2D eigenvalue weighted by molar-refractivity contribution is -0.137. The normalized spacial score (nSPS) is 23.3. The number of aromatic nitrogens is 3. The molecular weight excluding hydrogens is 957 g/mol. The molecule has 0 spiro atoms. The minimum atomic E-state index is -1.68. The number of para-hydroxylation sites is 1. The Hall–Kier alpha value is -7.25. The molecule has 8 atom stereocenters. The first-order valence-corrected chi connectivity index (χ1v) is 25.1. The van der Waals surface area contributed by atoms with E-state index in [0.29, 0.717) is 55.3 Å². The van der Waals surface area contributed by atoms with Crippen molar-refractivity contribution in [3.05, 3.63) is 90.1 Å². The number of amides is 8. The van der Waals surface area contributed by atoms with E-state index in [-0.39, 0.29) is 58.2 Å². The van der Waals surface area contributed by atoms with Gasteiger partial charge in [-0.25, -0.2) is 4.98 Å². The number of benzene rings is 2. The van der Waals surface area contributed by atoms with Gasteiger partial charge in [0.25, 0.3) is 0 Å². The summed E-state index contributed by atoms with van der Waals surface area (Å²) in [4.78, 5) is 124. The second kappa shape index (κ2) is 30.1. The van der Waals surface area contributed by atoms with Crippen LogP contribution < -0.4 is 59.7 Å². The number of fused-ring (bicyclic) bond motifs is 1. The largest absolute Gasteiger partial charge is 0.394 e. The number of hydrogen-bond acceptors (Lipinski definition) is 14. The van der Waals surface area contributed by atoms with E-state index in [2.05, 4.69) is 57.5 Å². The number of carbonyl (C=O) groups excluding carboxylic acids is 8. The summed E-state index contributed by atoms with van der Waals surface area (Å²) in [6, 6.07) is 4.46. The number of imidazole rings is 1. The zero-order valence-electron chi connectivity index (χ0n) is 41.4. The Morgan fingerprint density at radius 1 is 0.432 bits per heavy atom. The van der Waals surface area contributed by atoms with Gasteiger partial charge in [0.15, 0.2) is 0 Å². The predicted molar refractivity (Wildman–Crippen MR) is 273 cm³/mol. The van der Waals surface area contributed by atoms with Gasteiger partial charge in [-0.05, 0) is 94.6 Å². The number of hydrogen-bond donors (Lipinski definition) is 15. The van der Waals surface area contributed by atoms with E-state index in [1.807, 2.05) is 18.2 Å². The van der Waals surface area contributed by atoms with Gasteiger partial charge in [0.05, 0.1) is 19.5 Å². The van der Waals surface area contributed by atoms with Crippen molar-refractivity contribution in [2.45, 2.75) is 125 Å². The highest BCUT2D eigenvalue weighted by molar-refractivity contribution is 5.99. The van der Waals surface area contributed by atoms with Crippen LogP contribution in [0.4, 0.5) is 0 Å². The van der Waals surface area contributed by atoms with Crippen LogP contribution in [0.5, 0.6) is 0 Å². The average Bonchev–Trinajstić information content (AvgIpc) is 4.07. The van der Waals surface area contributed by atoms with Gasteiger partial charge in [-0.3, -0.25) is 38.4 Å². The van der Waals surface area contributed by atoms with Crippen LogP contribution in [-0.2, 0) is 57.6 Å². The van der Waals surface area contributed by atoms with Gasteiger partial charge >= 0.3 is 0 Å². The minimum absolute atomic E-state index is 0.0168. The van der Waals surface area contributed by atoms with Gasteiger partial charge < -0.3 is 79.9 Å². The number of unbranched alkanes of at least 4 members (excludes halogenated alkanes) is 3. The molecule has 2 aromatic heterocycles. The molecule has 2 aromatic carbocycles.